The summed E-state index contributed by atoms with van der Waals surface area (Å²) in [6.07, 6.45) is 5.57. The summed E-state index contributed by atoms with van der Waals surface area (Å²) in [5, 5.41) is 3.41. The largest absolute Gasteiger partial charge is 0.317 e. The first-order chi connectivity index (χ1) is 6.65. The third-order valence-electron chi connectivity index (χ3n) is 3.92. The van der Waals surface area contributed by atoms with Crippen molar-refractivity contribution in [2.24, 2.45) is 11.3 Å². The van der Waals surface area contributed by atoms with Crippen LogP contribution in [0.1, 0.15) is 46.5 Å². The summed E-state index contributed by atoms with van der Waals surface area (Å²) in [5.41, 5.74) is 4.18. The van der Waals surface area contributed by atoms with Crippen molar-refractivity contribution in [2.75, 3.05) is 13.1 Å². The topological polar surface area (TPSA) is 12.0 Å². The normalized spacial score (nSPS) is 34.1. The van der Waals surface area contributed by atoms with E-state index in [9.17, 15) is 0 Å². The Kier molecular flexibility index (Phi) is 2.70. The Hall–Kier alpha value is -0.300. The van der Waals surface area contributed by atoms with Crippen LogP contribution in [0, 0.1) is 11.3 Å². The number of hydrogen-bond donors (Lipinski definition) is 1. The molecular formula is C13H23N. The lowest BCUT2D eigenvalue weighted by atomic mass is 9.66. The van der Waals surface area contributed by atoms with Crippen LogP contribution in [0.5, 0.6) is 0 Å². The second-order valence-corrected chi connectivity index (χ2v) is 5.43. The van der Waals surface area contributed by atoms with Crippen molar-refractivity contribution < 1.29 is 0 Å². The molecule has 1 N–H and O–H groups in total. The quantitative estimate of drug-likeness (QED) is 0.534. The zero-order valence-corrected chi connectivity index (χ0v) is 9.82. The third kappa shape index (κ3) is 1.88. The predicted octanol–water partition coefficient (Wildman–Crippen LogP) is 3.12. The molecule has 2 aliphatic rings. The number of allylic oxidation sites excluding steroid dienone is 2. The van der Waals surface area contributed by atoms with Crippen molar-refractivity contribution in [3.63, 3.8) is 0 Å². The minimum absolute atomic E-state index is 0.558. The fourth-order valence-corrected chi connectivity index (χ4v) is 2.65. The van der Waals surface area contributed by atoms with Crippen LogP contribution in [-0.4, -0.2) is 13.1 Å². The van der Waals surface area contributed by atoms with Gasteiger partial charge in [0.2, 0.25) is 0 Å². The van der Waals surface area contributed by atoms with Gasteiger partial charge in [0.05, 0.1) is 0 Å². The van der Waals surface area contributed by atoms with E-state index >= 15 is 0 Å². The van der Waals surface area contributed by atoms with Gasteiger partial charge in [-0.15, -0.1) is 0 Å². The summed E-state index contributed by atoms with van der Waals surface area (Å²) < 4.78 is 0. The lowest BCUT2D eigenvalue weighted by molar-refractivity contribution is 0.303. The monoisotopic (exact) mass is 193 g/mol. The van der Waals surface area contributed by atoms with E-state index in [1.807, 2.05) is 5.57 Å². The first-order valence-corrected chi connectivity index (χ1v) is 6.08. The molecule has 1 heteroatoms. The van der Waals surface area contributed by atoms with Crippen molar-refractivity contribution in [2.45, 2.75) is 46.5 Å². The molecule has 0 aromatic rings. The molecule has 0 aliphatic heterocycles. The van der Waals surface area contributed by atoms with E-state index in [2.05, 4.69) is 26.1 Å². The Morgan fingerprint density at radius 3 is 2.71 bits per heavy atom. The fraction of sp³-hybridized carbons (Fsp3) is 0.846. The number of nitrogens with one attached hydrogen (secondary N) is 1. The lowest BCUT2D eigenvalue weighted by Gasteiger charge is -2.38. The molecule has 0 amide bonds. The van der Waals surface area contributed by atoms with Crippen molar-refractivity contribution in [3.8, 4) is 0 Å². The average Bonchev–Trinajstić information content (AvgIpc) is 2.83. The van der Waals surface area contributed by atoms with Gasteiger partial charge in [0.15, 0.2) is 0 Å². The van der Waals surface area contributed by atoms with Gasteiger partial charge in [-0.05, 0) is 50.1 Å². The van der Waals surface area contributed by atoms with Gasteiger partial charge < -0.3 is 5.32 Å². The van der Waals surface area contributed by atoms with Crippen LogP contribution >= 0.6 is 0 Å². The molecule has 2 rings (SSSR count). The van der Waals surface area contributed by atoms with Crippen LogP contribution in [0.4, 0.5) is 0 Å². The molecule has 0 heterocycles. The maximum absolute atomic E-state index is 3.41. The van der Waals surface area contributed by atoms with Crippen LogP contribution in [0.15, 0.2) is 11.1 Å². The third-order valence-corrected chi connectivity index (χ3v) is 3.92. The Balaban J connectivity index is 1.81. The van der Waals surface area contributed by atoms with Crippen LogP contribution < -0.4 is 5.32 Å². The summed E-state index contributed by atoms with van der Waals surface area (Å²) in [6.45, 7) is 9.31. The Labute approximate surface area is 88.0 Å². The second kappa shape index (κ2) is 3.69. The highest BCUT2D eigenvalue weighted by molar-refractivity contribution is 5.37. The van der Waals surface area contributed by atoms with Gasteiger partial charge in [0.1, 0.15) is 0 Å². The van der Waals surface area contributed by atoms with Gasteiger partial charge in [-0.2, -0.15) is 0 Å². The zero-order chi connectivity index (χ0) is 10.2. The molecule has 1 nitrogen and oxygen atoms in total. The molecule has 2 saturated carbocycles. The Bertz CT molecular complexity index is 250. The van der Waals surface area contributed by atoms with E-state index in [0.29, 0.717) is 5.41 Å². The van der Waals surface area contributed by atoms with Crippen molar-refractivity contribution in [3.05, 3.63) is 11.1 Å². The first-order valence-electron chi connectivity index (χ1n) is 6.08. The molecule has 0 radical (unpaired) electrons. The molecular weight excluding hydrogens is 170 g/mol. The minimum Gasteiger partial charge on any atom is -0.317 e. The van der Waals surface area contributed by atoms with E-state index in [4.69, 9.17) is 0 Å². The summed E-state index contributed by atoms with van der Waals surface area (Å²) in [7, 11) is 0. The lowest BCUT2D eigenvalue weighted by Crippen LogP contribution is -2.25. The van der Waals surface area contributed by atoms with Gasteiger partial charge in [-0.3, -0.25) is 0 Å². The molecule has 0 spiro atoms. The molecule has 0 bridgehead atoms. The van der Waals surface area contributed by atoms with Crippen molar-refractivity contribution in [1.82, 2.24) is 5.32 Å². The molecule has 0 aromatic heterocycles. The number of rotatable bonds is 4. The standard InChI is InChI=1S/C13H23N/c1-4-14-8-6-10-9-11(10)12-5-7-13(12,2)3/h10,14H,4-9H2,1-3H3/b12-11-/t10-/m0/s1. The Morgan fingerprint density at radius 1 is 1.43 bits per heavy atom. The van der Waals surface area contributed by atoms with E-state index in [1.165, 1.54) is 32.2 Å². The molecule has 2 fully saturated rings. The van der Waals surface area contributed by atoms with Gasteiger partial charge in [-0.25, -0.2) is 0 Å². The van der Waals surface area contributed by atoms with E-state index in [0.717, 1.165) is 12.5 Å². The zero-order valence-electron chi connectivity index (χ0n) is 9.82. The van der Waals surface area contributed by atoms with Gasteiger partial charge in [-0.1, -0.05) is 31.9 Å². The fourth-order valence-electron chi connectivity index (χ4n) is 2.65. The van der Waals surface area contributed by atoms with Crippen molar-refractivity contribution in [1.29, 1.82) is 0 Å². The van der Waals surface area contributed by atoms with Crippen molar-refractivity contribution >= 4 is 0 Å². The van der Waals surface area contributed by atoms with Gasteiger partial charge in [0, 0.05) is 0 Å². The highest BCUT2D eigenvalue weighted by atomic mass is 14.8. The maximum Gasteiger partial charge on any atom is -0.00432 e. The molecule has 0 unspecified atom stereocenters. The summed E-state index contributed by atoms with van der Waals surface area (Å²) in [6, 6.07) is 0. The summed E-state index contributed by atoms with van der Waals surface area (Å²) in [4.78, 5) is 0. The summed E-state index contributed by atoms with van der Waals surface area (Å²) >= 11 is 0. The van der Waals surface area contributed by atoms with Gasteiger partial charge in [0.25, 0.3) is 0 Å². The predicted molar refractivity (Wildman–Crippen MR) is 61.3 cm³/mol. The molecule has 14 heavy (non-hydrogen) atoms. The van der Waals surface area contributed by atoms with Gasteiger partial charge >= 0.3 is 0 Å². The SMILES string of the molecule is CCNCC[C@H]1C/C1=C1\CCC1(C)C. The van der Waals surface area contributed by atoms with E-state index in [1.54, 1.807) is 5.57 Å². The average molecular weight is 193 g/mol. The summed E-state index contributed by atoms with van der Waals surface area (Å²) in [5.74, 6) is 0.948. The van der Waals surface area contributed by atoms with Crippen LogP contribution in [0.3, 0.4) is 0 Å². The highest BCUT2D eigenvalue weighted by Gasteiger charge is 2.41. The Morgan fingerprint density at radius 2 is 2.21 bits per heavy atom. The first kappa shape index (κ1) is 10.2. The molecule has 0 saturated heterocycles. The highest BCUT2D eigenvalue weighted by Crippen LogP contribution is 2.55. The molecule has 1 atom stereocenters. The molecule has 0 aromatic carbocycles. The second-order valence-electron chi connectivity index (χ2n) is 5.43. The maximum atomic E-state index is 3.41. The minimum atomic E-state index is 0.558. The molecule has 80 valence electrons. The smallest absolute Gasteiger partial charge is 0.00432 e. The molecule has 2 aliphatic carbocycles. The van der Waals surface area contributed by atoms with Crippen LogP contribution in [0.2, 0.25) is 0 Å². The van der Waals surface area contributed by atoms with Crippen LogP contribution in [-0.2, 0) is 0 Å². The van der Waals surface area contributed by atoms with E-state index < -0.39 is 0 Å². The van der Waals surface area contributed by atoms with Crippen LogP contribution in [0.25, 0.3) is 0 Å². The number of hydrogen-bond acceptors (Lipinski definition) is 1. The van der Waals surface area contributed by atoms with E-state index in [-0.39, 0.29) is 0 Å².